The van der Waals surface area contributed by atoms with Crippen molar-refractivity contribution < 1.29 is 88.3 Å². The summed E-state index contributed by atoms with van der Waals surface area (Å²) in [4.78, 5) is 33.5. The van der Waals surface area contributed by atoms with Gasteiger partial charge in [-0.05, 0) is 0 Å². The van der Waals surface area contributed by atoms with Crippen molar-refractivity contribution in [3.8, 4) is 0 Å². The molecule has 0 fully saturated rings. The maximum absolute atomic E-state index is 9.24. The topological polar surface area (TPSA) is 147 Å². The minimum absolute atomic E-state index is 0. The van der Waals surface area contributed by atoms with Crippen molar-refractivity contribution in [3.63, 3.8) is 0 Å². The second kappa shape index (κ2) is 12.5. The van der Waals surface area contributed by atoms with Crippen LogP contribution >= 0.6 is 7.82 Å². The van der Waals surface area contributed by atoms with Crippen molar-refractivity contribution in [3.05, 3.63) is 0 Å². The Morgan fingerprint density at radius 2 is 1.50 bits per heavy atom. The molecule has 0 saturated heterocycles. The van der Waals surface area contributed by atoms with Gasteiger partial charge in [0, 0.05) is 0 Å². The molecular formula is C2H6NNa2O6P. The zero-order valence-corrected chi connectivity index (χ0v) is 11.7. The molecule has 0 bridgehead atoms. The number of aliphatic carboxylic acids is 1. The summed E-state index contributed by atoms with van der Waals surface area (Å²) in [5.74, 6) is -0.968. The molecule has 0 heterocycles. The molecular weight excluding hydrogens is 211 g/mol. The van der Waals surface area contributed by atoms with Gasteiger partial charge in [0.25, 0.3) is 0 Å². The third-order valence-corrected chi connectivity index (χ3v) is 0.175. The first-order valence-corrected chi connectivity index (χ1v) is 3.43. The summed E-state index contributed by atoms with van der Waals surface area (Å²) in [5, 5.41) is 7.60. The minimum atomic E-state index is -5.14. The molecule has 0 atom stereocenters. The molecule has 7 nitrogen and oxygen atoms in total. The Hall–Kier alpha value is 1.54. The van der Waals surface area contributed by atoms with Crippen LogP contribution in [0.2, 0.25) is 0 Å². The van der Waals surface area contributed by atoms with Gasteiger partial charge in [-0.3, -0.25) is 4.79 Å². The fourth-order valence-electron chi connectivity index (χ4n) is 0. The second-order valence-corrected chi connectivity index (χ2v) is 2.00. The molecule has 4 N–H and O–H groups in total. The van der Waals surface area contributed by atoms with E-state index in [0.29, 0.717) is 0 Å². The van der Waals surface area contributed by atoms with Crippen molar-refractivity contribution >= 4 is 13.8 Å². The number of hydrogen-bond donors (Lipinski definition) is 3. The number of phosphoric acid groups is 1. The van der Waals surface area contributed by atoms with E-state index < -0.39 is 13.8 Å². The van der Waals surface area contributed by atoms with Gasteiger partial charge in [-0.25, -0.2) is 0 Å². The molecule has 0 aromatic rings. The van der Waals surface area contributed by atoms with Crippen LogP contribution in [-0.2, 0) is 9.36 Å². The molecule has 0 aliphatic carbocycles. The molecule has 10 heteroatoms. The van der Waals surface area contributed by atoms with Gasteiger partial charge in [0.15, 0.2) is 0 Å². The van der Waals surface area contributed by atoms with E-state index in [4.69, 9.17) is 24.4 Å². The Kier molecular flexibility index (Phi) is 24.4. The first-order valence-electron chi connectivity index (χ1n) is 1.94. The van der Waals surface area contributed by atoms with Gasteiger partial charge < -0.3 is 30.1 Å². The van der Waals surface area contributed by atoms with Gasteiger partial charge in [0.05, 0.1) is 14.4 Å². The Morgan fingerprint density at radius 1 is 1.42 bits per heavy atom. The molecule has 62 valence electrons. The molecule has 0 aliphatic rings. The van der Waals surface area contributed by atoms with Gasteiger partial charge in [-0.2, -0.15) is 0 Å². The molecule has 0 radical (unpaired) electrons. The minimum Gasteiger partial charge on any atom is -0.790 e. The van der Waals surface area contributed by atoms with Crippen LogP contribution in [0.15, 0.2) is 0 Å². The van der Waals surface area contributed by atoms with Gasteiger partial charge in [-0.1, -0.05) is 0 Å². The number of hydrogen-bond acceptors (Lipinski definition) is 5. The maximum atomic E-state index is 9.24. The van der Waals surface area contributed by atoms with Crippen LogP contribution in [-0.4, -0.2) is 22.5 Å². The number of carboxylic acids is 1. The largest absolute Gasteiger partial charge is 1.00 e. The Morgan fingerprint density at radius 3 is 1.50 bits per heavy atom. The van der Waals surface area contributed by atoms with Gasteiger partial charge in [0.2, 0.25) is 0 Å². The van der Waals surface area contributed by atoms with Crippen LogP contribution in [0.5, 0.6) is 0 Å². The van der Waals surface area contributed by atoms with Crippen LogP contribution in [0.3, 0.4) is 0 Å². The van der Waals surface area contributed by atoms with E-state index in [2.05, 4.69) is 5.73 Å². The number of rotatable bonds is 1. The standard InChI is InChI=1S/C2H5NO2.2Na.H3O4P/c3-1-2(4)5;;;1-5(2,3)4/h1,3H2,(H,4,5);;;(H3,1,2,3,4)/q;2*+1;/p-2. The smallest absolute Gasteiger partial charge is 0.790 e. The first-order chi connectivity index (χ1) is 4.27. The van der Waals surface area contributed by atoms with Crippen LogP contribution in [0.25, 0.3) is 0 Å². The van der Waals surface area contributed by atoms with Crippen molar-refractivity contribution in [1.29, 1.82) is 0 Å². The summed E-state index contributed by atoms with van der Waals surface area (Å²) >= 11 is 0. The van der Waals surface area contributed by atoms with Gasteiger partial charge in [0.1, 0.15) is 0 Å². The molecule has 0 spiro atoms. The second-order valence-electron chi connectivity index (χ2n) is 1.07. The van der Waals surface area contributed by atoms with Crippen molar-refractivity contribution in [1.82, 2.24) is 0 Å². The zero-order chi connectivity index (χ0) is 8.78. The average Bonchev–Trinajstić information content (AvgIpc) is 1.61. The third-order valence-electron chi connectivity index (χ3n) is 0.175. The Balaban J connectivity index is -0.0000000457. The van der Waals surface area contributed by atoms with Crippen molar-refractivity contribution in [2.75, 3.05) is 6.54 Å². The van der Waals surface area contributed by atoms with Gasteiger partial charge in [-0.15, -0.1) is 0 Å². The Labute approximate surface area is 113 Å². The SMILES string of the molecule is NCC(=O)O.O=P([O-])([O-])O.[Na+].[Na+]. The van der Waals surface area contributed by atoms with Crippen LogP contribution in [0, 0.1) is 0 Å². The number of carboxylic acid groups (broad SMARTS) is 1. The normalized spacial score (nSPS) is 8.00. The quantitative estimate of drug-likeness (QED) is 0.291. The van der Waals surface area contributed by atoms with E-state index in [0.717, 1.165) is 0 Å². The predicted molar refractivity (Wildman–Crippen MR) is 26.5 cm³/mol. The molecule has 0 unspecified atom stereocenters. The monoisotopic (exact) mass is 217 g/mol. The van der Waals surface area contributed by atoms with E-state index in [1.165, 1.54) is 0 Å². The molecule has 0 saturated carbocycles. The van der Waals surface area contributed by atoms with Crippen LogP contribution in [0.1, 0.15) is 0 Å². The summed E-state index contributed by atoms with van der Waals surface area (Å²) in [6.45, 7) is -0.278. The summed E-state index contributed by atoms with van der Waals surface area (Å²) in [6.07, 6.45) is 0. The number of nitrogens with two attached hydrogens (primary N) is 1. The molecule has 12 heavy (non-hydrogen) atoms. The van der Waals surface area contributed by atoms with Crippen LogP contribution < -0.4 is 74.6 Å². The predicted octanol–water partition coefficient (Wildman–Crippen LogP) is -9.15. The number of carbonyl (C=O) groups is 1. The van der Waals surface area contributed by atoms with Crippen molar-refractivity contribution in [2.45, 2.75) is 0 Å². The maximum Gasteiger partial charge on any atom is 1.00 e. The van der Waals surface area contributed by atoms with E-state index in [9.17, 15) is 4.79 Å². The van der Waals surface area contributed by atoms with Gasteiger partial charge >= 0.3 is 65.1 Å². The molecule has 0 aromatic heterocycles. The fourth-order valence-corrected chi connectivity index (χ4v) is 0. The zero-order valence-electron chi connectivity index (χ0n) is 6.76. The Bertz CT molecular complexity index is 138. The first kappa shape index (κ1) is 23.4. The summed E-state index contributed by atoms with van der Waals surface area (Å²) in [6, 6.07) is 0. The summed E-state index contributed by atoms with van der Waals surface area (Å²) < 4.78 is 8.66. The summed E-state index contributed by atoms with van der Waals surface area (Å²) in [5.41, 5.74) is 4.57. The average molecular weight is 217 g/mol. The molecule has 0 amide bonds. The van der Waals surface area contributed by atoms with E-state index in [1.54, 1.807) is 0 Å². The van der Waals surface area contributed by atoms with Crippen LogP contribution in [0.4, 0.5) is 0 Å². The molecule has 0 aliphatic heterocycles. The van der Waals surface area contributed by atoms with E-state index in [-0.39, 0.29) is 65.7 Å². The van der Waals surface area contributed by atoms with Crippen molar-refractivity contribution in [2.24, 2.45) is 5.73 Å². The molecule has 0 aromatic carbocycles. The summed E-state index contributed by atoms with van der Waals surface area (Å²) in [7, 11) is -5.14. The van der Waals surface area contributed by atoms with E-state index >= 15 is 0 Å². The third kappa shape index (κ3) is 102. The van der Waals surface area contributed by atoms with E-state index in [1.807, 2.05) is 0 Å². The molecule has 0 rings (SSSR count). The fraction of sp³-hybridized carbons (Fsp3) is 0.500.